The van der Waals surface area contributed by atoms with Gasteiger partial charge in [0, 0.05) is 36.9 Å². The second-order valence-corrected chi connectivity index (χ2v) is 20.6. The van der Waals surface area contributed by atoms with E-state index in [1.165, 1.54) is 141 Å². The van der Waals surface area contributed by atoms with Crippen LogP contribution in [0, 0.1) is 11.8 Å². The molecule has 2 fully saturated rings. The van der Waals surface area contributed by atoms with Crippen molar-refractivity contribution in [3.05, 3.63) is 0 Å². The SMILES string of the molecule is CCCCC(CSCCCCCCCC(CCCCCCCSCC(CCCC)OC(=O)CCC1CCCCC1)N(C)CCOCCO)OC(=O)CCC1CCCCC1. The Kier molecular flexibility index (Phi) is 36.3. The lowest BCUT2D eigenvalue weighted by molar-refractivity contribution is -0.149. The number of esters is 2. The number of aliphatic hydroxyl groups excluding tert-OH is 1. The normalized spacial score (nSPS) is 17.0. The van der Waals surface area contributed by atoms with E-state index in [1.807, 2.05) is 23.5 Å². The van der Waals surface area contributed by atoms with Crippen LogP contribution < -0.4 is 0 Å². The highest BCUT2D eigenvalue weighted by molar-refractivity contribution is 7.99. The summed E-state index contributed by atoms with van der Waals surface area (Å²) >= 11 is 3.97. The molecular weight excluding hydrogens is 775 g/mol. The van der Waals surface area contributed by atoms with Gasteiger partial charge in [-0.25, -0.2) is 0 Å². The highest BCUT2D eigenvalue weighted by Crippen LogP contribution is 2.29. The quantitative estimate of drug-likeness (QED) is 0.0478. The van der Waals surface area contributed by atoms with Crippen LogP contribution in [-0.2, 0) is 23.8 Å². The summed E-state index contributed by atoms with van der Waals surface area (Å²) in [5.74, 6) is 5.76. The van der Waals surface area contributed by atoms with Crippen molar-refractivity contribution in [1.82, 2.24) is 4.90 Å². The first kappa shape index (κ1) is 54.7. The van der Waals surface area contributed by atoms with Crippen molar-refractivity contribution in [2.24, 2.45) is 11.8 Å². The van der Waals surface area contributed by atoms with E-state index in [2.05, 4.69) is 25.8 Å². The Bertz CT molecular complexity index is 896. The highest BCUT2D eigenvalue weighted by Gasteiger charge is 2.20. The molecule has 0 amide bonds. The average Bonchev–Trinajstić information content (AvgIpc) is 3.25. The molecule has 0 aromatic rings. The van der Waals surface area contributed by atoms with Crippen LogP contribution >= 0.6 is 23.5 Å². The number of hydrogen-bond acceptors (Lipinski definition) is 9. The van der Waals surface area contributed by atoms with Crippen molar-refractivity contribution in [2.75, 3.05) is 56.4 Å². The standard InChI is InChI=1S/C50H95NO6S2/c1-4-6-30-47(56-49(53)34-32-44-24-16-14-17-25-44)42-58-40-22-12-8-10-20-28-46(51(3)36-38-55-39-37-52)29-21-11-9-13-23-41-59-43-48(31-7-5-2)57-50(54)35-33-45-26-18-15-19-27-45/h44-48,52H,4-43H2,1-3H3. The van der Waals surface area contributed by atoms with E-state index < -0.39 is 0 Å². The molecular formula is C50H95NO6S2. The van der Waals surface area contributed by atoms with Gasteiger partial charge in [0.15, 0.2) is 0 Å². The number of thioether (sulfide) groups is 2. The van der Waals surface area contributed by atoms with Gasteiger partial charge in [-0.1, -0.05) is 155 Å². The van der Waals surface area contributed by atoms with Crippen molar-refractivity contribution < 1.29 is 28.9 Å². The van der Waals surface area contributed by atoms with E-state index >= 15 is 0 Å². The lowest BCUT2D eigenvalue weighted by atomic mass is 9.86. The van der Waals surface area contributed by atoms with Crippen LogP contribution in [0.25, 0.3) is 0 Å². The second-order valence-electron chi connectivity index (χ2n) is 18.3. The van der Waals surface area contributed by atoms with E-state index in [1.54, 1.807) is 0 Å². The lowest BCUT2D eigenvalue weighted by Crippen LogP contribution is -2.34. The molecule has 9 heteroatoms. The van der Waals surface area contributed by atoms with E-state index in [0.717, 1.165) is 92.8 Å². The molecule has 2 aliphatic carbocycles. The van der Waals surface area contributed by atoms with Gasteiger partial charge in [0.05, 0.1) is 19.8 Å². The van der Waals surface area contributed by atoms with Crippen molar-refractivity contribution in [2.45, 2.75) is 238 Å². The monoisotopic (exact) mass is 870 g/mol. The predicted molar refractivity (Wildman–Crippen MR) is 255 cm³/mol. The summed E-state index contributed by atoms with van der Waals surface area (Å²) in [5, 5.41) is 9.12. The van der Waals surface area contributed by atoms with Crippen LogP contribution in [0.1, 0.15) is 219 Å². The Balaban J connectivity index is 1.57. The smallest absolute Gasteiger partial charge is 0.306 e. The number of aliphatic hydroxyl groups is 1. The van der Waals surface area contributed by atoms with Crippen LogP contribution in [0.15, 0.2) is 0 Å². The molecule has 59 heavy (non-hydrogen) atoms. The summed E-state index contributed by atoms with van der Waals surface area (Å²) in [6.07, 6.45) is 38.5. The molecule has 0 saturated heterocycles. The Morgan fingerprint density at radius 1 is 0.593 bits per heavy atom. The van der Waals surface area contributed by atoms with Crippen LogP contribution in [-0.4, -0.2) is 96.6 Å². The molecule has 0 spiro atoms. The van der Waals surface area contributed by atoms with Gasteiger partial charge >= 0.3 is 11.9 Å². The Hall–Kier alpha value is -0.480. The van der Waals surface area contributed by atoms with Gasteiger partial charge in [-0.15, -0.1) is 0 Å². The van der Waals surface area contributed by atoms with Crippen LogP contribution in [0.3, 0.4) is 0 Å². The zero-order valence-electron chi connectivity index (χ0n) is 38.9. The minimum Gasteiger partial charge on any atom is -0.461 e. The Morgan fingerprint density at radius 3 is 1.47 bits per heavy atom. The lowest BCUT2D eigenvalue weighted by Gasteiger charge is -2.28. The van der Waals surface area contributed by atoms with Crippen molar-refractivity contribution in [1.29, 1.82) is 0 Å². The summed E-state index contributed by atoms with van der Waals surface area (Å²) in [4.78, 5) is 27.8. The summed E-state index contributed by atoms with van der Waals surface area (Å²) in [7, 11) is 2.26. The average molecular weight is 870 g/mol. The first-order valence-electron chi connectivity index (χ1n) is 25.4. The Morgan fingerprint density at radius 2 is 1.03 bits per heavy atom. The summed E-state index contributed by atoms with van der Waals surface area (Å²) in [5.41, 5.74) is 0. The van der Waals surface area contributed by atoms with Gasteiger partial charge in [0.1, 0.15) is 12.2 Å². The number of ether oxygens (including phenoxy) is 3. The summed E-state index contributed by atoms with van der Waals surface area (Å²) in [6.45, 7) is 6.55. The molecule has 2 unspecified atom stereocenters. The maximum absolute atomic E-state index is 12.6. The van der Waals surface area contributed by atoms with Crippen LogP contribution in [0.5, 0.6) is 0 Å². The molecule has 2 rings (SSSR count). The molecule has 0 radical (unpaired) electrons. The molecule has 1 N–H and O–H groups in total. The maximum Gasteiger partial charge on any atom is 0.306 e. The summed E-state index contributed by atoms with van der Waals surface area (Å²) < 4.78 is 17.6. The first-order valence-corrected chi connectivity index (χ1v) is 27.7. The van der Waals surface area contributed by atoms with Crippen LogP contribution in [0.4, 0.5) is 0 Å². The van der Waals surface area contributed by atoms with Gasteiger partial charge in [-0.05, 0) is 81.8 Å². The third-order valence-corrected chi connectivity index (χ3v) is 15.4. The molecule has 0 aliphatic heterocycles. The minimum atomic E-state index is 0.0345. The molecule has 2 saturated carbocycles. The van der Waals surface area contributed by atoms with E-state index in [4.69, 9.17) is 19.3 Å². The minimum absolute atomic E-state index is 0.0345. The first-order chi connectivity index (χ1) is 28.9. The van der Waals surface area contributed by atoms with Crippen molar-refractivity contribution in [3.8, 4) is 0 Å². The number of nitrogens with zero attached hydrogens (tertiary/aromatic N) is 1. The molecule has 348 valence electrons. The number of rotatable bonds is 40. The molecule has 7 nitrogen and oxygen atoms in total. The fourth-order valence-electron chi connectivity index (χ4n) is 9.10. The molecule has 0 heterocycles. The fraction of sp³-hybridized carbons (Fsp3) is 0.960. The molecule has 0 aromatic heterocycles. The second kappa shape index (κ2) is 39.1. The van der Waals surface area contributed by atoms with Gasteiger partial charge in [0.2, 0.25) is 0 Å². The van der Waals surface area contributed by atoms with Gasteiger partial charge in [0.25, 0.3) is 0 Å². The maximum atomic E-state index is 12.6. The zero-order valence-corrected chi connectivity index (χ0v) is 40.6. The zero-order chi connectivity index (χ0) is 42.4. The highest BCUT2D eigenvalue weighted by atomic mass is 32.2. The predicted octanol–water partition coefficient (Wildman–Crippen LogP) is 13.4. The summed E-state index contributed by atoms with van der Waals surface area (Å²) in [6, 6.07) is 0.592. The number of carbonyl (C=O) groups excluding carboxylic acids is 2. The van der Waals surface area contributed by atoms with E-state index in [0.29, 0.717) is 32.1 Å². The number of unbranched alkanes of at least 4 members (excludes halogenated alkanes) is 10. The van der Waals surface area contributed by atoms with Gasteiger partial charge < -0.3 is 24.2 Å². The largest absolute Gasteiger partial charge is 0.461 e. The third kappa shape index (κ3) is 31.1. The van der Waals surface area contributed by atoms with Crippen molar-refractivity contribution in [3.63, 3.8) is 0 Å². The van der Waals surface area contributed by atoms with E-state index in [9.17, 15) is 9.59 Å². The van der Waals surface area contributed by atoms with Gasteiger partial charge in [-0.2, -0.15) is 23.5 Å². The molecule has 2 atom stereocenters. The number of likely N-dealkylation sites (N-methyl/N-ethyl adjacent to an activating group) is 1. The van der Waals surface area contributed by atoms with Crippen molar-refractivity contribution >= 4 is 35.5 Å². The molecule has 0 aromatic carbocycles. The molecule has 0 bridgehead atoms. The number of hydrogen-bond donors (Lipinski definition) is 1. The molecule has 2 aliphatic rings. The third-order valence-electron chi connectivity index (χ3n) is 13.0. The van der Waals surface area contributed by atoms with Gasteiger partial charge in [-0.3, -0.25) is 9.59 Å². The van der Waals surface area contributed by atoms with E-state index in [-0.39, 0.29) is 30.8 Å². The fourth-order valence-corrected chi connectivity index (χ4v) is 11.2. The topological polar surface area (TPSA) is 85.3 Å². The Labute approximate surface area is 373 Å². The van der Waals surface area contributed by atoms with Crippen LogP contribution in [0.2, 0.25) is 0 Å². The number of carbonyl (C=O) groups is 2.